The number of rotatable bonds is 15. The molecule has 33 heavy (non-hydrogen) atoms. The quantitative estimate of drug-likeness (QED) is 0.223. The second-order valence-corrected chi connectivity index (χ2v) is 8.39. The molecule has 0 spiro atoms. The van der Waals surface area contributed by atoms with Crippen molar-refractivity contribution < 1.29 is 22.7 Å². The molecule has 0 fully saturated rings. The minimum Gasteiger partial charge on any atom is -0.385 e. The lowest BCUT2D eigenvalue weighted by Crippen LogP contribution is -2.29. The second kappa shape index (κ2) is 14.3. The van der Waals surface area contributed by atoms with Crippen LogP contribution in [0, 0.1) is 0 Å². The van der Waals surface area contributed by atoms with E-state index in [-0.39, 0.29) is 10.8 Å². The molecule has 0 aromatic heterocycles. The molecule has 0 aliphatic heterocycles. The van der Waals surface area contributed by atoms with Crippen LogP contribution in [0.5, 0.6) is 0 Å². The zero-order chi connectivity index (χ0) is 23.9. The Morgan fingerprint density at radius 3 is 2.00 bits per heavy atom. The monoisotopic (exact) mass is 478 g/mol. The molecular weight excluding hydrogens is 448 g/mol. The van der Waals surface area contributed by atoms with Crippen molar-refractivity contribution in [3.05, 3.63) is 48.5 Å². The van der Waals surface area contributed by atoms with Gasteiger partial charge in [0.25, 0.3) is 0 Å². The number of amides is 1. The number of hydrogen-bond donors (Lipinski definition) is 4. The summed E-state index contributed by atoms with van der Waals surface area (Å²) >= 11 is 0. The highest BCUT2D eigenvalue weighted by Crippen LogP contribution is 2.21. The van der Waals surface area contributed by atoms with Crippen LogP contribution in [0.1, 0.15) is 6.42 Å². The van der Waals surface area contributed by atoms with Gasteiger partial charge in [-0.05, 0) is 48.5 Å². The van der Waals surface area contributed by atoms with Crippen LogP contribution in [0.4, 0.5) is 17.1 Å². The fourth-order valence-corrected chi connectivity index (χ4v) is 3.06. The fraction of sp³-hybridized carbons (Fsp3) is 0.381. The van der Waals surface area contributed by atoms with Crippen molar-refractivity contribution in [2.24, 2.45) is 21.1 Å². The number of sulfonamides is 1. The molecule has 6 N–H and O–H groups in total. The van der Waals surface area contributed by atoms with Crippen LogP contribution in [-0.2, 0) is 24.3 Å². The van der Waals surface area contributed by atoms with Crippen LogP contribution in [0.2, 0.25) is 0 Å². The number of carbonyl (C=O) groups is 1. The number of benzene rings is 2. The fourth-order valence-electron chi connectivity index (χ4n) is 2.54. The van der Waals surface area contributed by atoms with Gasteiger partial charge >= 0.3 is 0 Å². The van der Waals surface area contributed by atoms with E-state index < -0.39 is 10.0 Å². The Hall–Kier alpha value is -2.90. The van der Waals surface area contributed by atoms with E-state index in [0.717, 1.165) is 5.69 Å². The maximum Gasteiger partial charge on any atom is 0.238 e. The van der Waals surface area contributed by atoms with Crippen molar-refractivity contribution in [3.63, 3.8) is 0 Å². The maximum absolute atomic E-state index is 11.8. The molecule has 0 saturated heterocycles. The van der Waals surface area contributed by atoms with Gasteiger partial charge < -0.3 is 25.8 Å². The summed E-state index contributed by atoms with van der Waals surface area (Å²) in [6, 6.07) is 13.0. The Balaban J connectivity index is 1.64. The van der Waals surface area contributed by atoms with Gasteiger partial charge in [-0.2, -0.15) is 10.2 Å². The molecule has 11 nitrogen and oxygen atoms in total. The van der Waals surface area contributed by atoms with E-state index in [1.54, 1.807) is 12.1 Å². The third kappa shape index (κ3) is 11.0. The molecule has 0 unspecified atom stereocenters. The number of nitrogens with two attached hydrogens (primary N) is 2. The zero-order valence-electron chi connectivity index (χ0n) is 18.3. The maximum atomic E-state index is 11.8. The number of azo groups is 1. The predicted molar refractivity (Wildman–Crippen MR) is 125 cm³/mol. The number of ether oxygens (including phenoxy) is 2. The second-order valence-electron chi connectivity index (χ2n) is 6.83. The van der Waals surface area contributed by atoms with Gasteiger partial charge in [-0.1, -0.05) is 0 Å². The average molecular weight is 479 g/mol. The topological polar surface area (TPSA) is 170 Å². The predicted octanol–water partition coefficient (Wildman–Crippen LogP) is 1.66. The van der Waals surface area contributed by atoms with Gasteiger partial charge in [0.15, 0.2) is 0 Å². The van der Waals surface area contributed by atoms with Crippen LogP contribution in [0.3, 0.4) is 0 Å². The summed E-state index contributed by atoms with van der Waals surface area (Å²) in [5.74, 6) is -0.0654. The van der Waals surface area contributed by atoms with Gasteiger partial charge in [-0.15, -0.1) is 0 Å². The highest BCUT2D eigenvalue weighted by molar-refractivity contribution is 7.89. The Morgan fingerprint density at radius 1 is 0.848 bits per heavy atom. The lowest BCUT2D eigenvalue weighted by Gasteiger charge is -2.08. The molecule has 0 bridgehead atoms. The van der Waals surface area contributed by atoms with Gasteiger partial charge in [-0.25, -0.2) is 13.6 Å². The third-order valence-electron chi connectivity index (χ3n) is 4.20. The SMILES string of the molecule is NCCOCCOCCNC(=O)CCNc1ccc(N=Nc2ccc(S(N)(=O)=O)cc2)cc1. The zero-order valence-corrected chi connectivity index (χ0v) is 19.1. The smallest absolute Gasteiger partial charge is 0.238 e. The van der Waals surface area contributed by atoms with Crippen LogP contribution < -0.4 is 21.5 Å². The Labute approximate surface area is 193 Å². The van der Waals surface area contributed by atoms with E-state index in [4.69, 9.17) is 20.3 Å². The number of hydrogen-bond acceptors (Lipinski definition) is 9. The van der Waals surface area contributed by atoms with Gasteiger partial charge in [0.2, 0.25) is 15.9 Å². The van der Waals surface area contributed by atoms with Crippen molar-refractivity contribution in [3.8, 4) is 0 Å². The van der Waals surface area contributed by atoms with Crippen molar-refractivity contribution in [1.82, 2.24) is 5.32 Å². The molecule has 180 valence electrons. The lowest BCUT2D eigenvalue weighted by molar-refractivity contribution is -0.121. The molecule has 0 heterocycles. The summed E-state index contributed by atoms with van der Waals surface area (Å²) in [5.41, 5.74) is 7.29. The number of primary sulfonamides is 1. The summed E-state index contributed by atoms with van der Waals surface area (Å²) in [7, 11) is -3.73. The molecule has 0 aliphatic carbocycles. The first-order chi connectivity index (χ1) is 15.9. The van der Waals surface area contributed by atoms with Crippen LogP contribution in [0.25, 0.3) is 0 Å². The molecule has 0 radical (unpaired) electrons. The van der Waals surface area contributed by atoms with Crippen LogP contribution in [-0.4, -0.2) is 60.4 Å². The Kier molecular flexibility index (Phi) is 11.4. The summed E-state index contributed by atoms with van der Waals surface area (Å²) < 4.78 is 33.0. The molecule has 2 aromatic rings. The van der Waals surface area contributed by atoms with Crippen molar-refractivity contribution in [2.75, 3.05) is 51.4 Å². The van der Waals surface area contributed by atoms with Crippen LogP contribution in [0.15, 0.2) is 63.7 Å². The number of carbonyl (C=O) groups excluding carboxylic acids is 1. The van der Waals surface area contributed by atoms with Crippen molar-refractivity contribution >= 4 is 33.0 Å². The molecular formula is C21H30N6O5S. The molecule has 0 atom stereocenters. The normalized spacial score (nSPS) is 11.6. The minimum absolute atomic E-state index is 0.0167. The standard InChI is InChI=1S/C21H30N6O5S/c22-10-13-31-15-16-32-14-12-25-21(28)9-11-24-17-1-3-18(4-2-17)26-27-19-5-7-20(8-6-19)33(23,29)30/h1-8,24H,9-16,22H2,(H,25,28)(H2,23,29,30). The highest BCUT2D eigenvalue weighted by Gasteiger charge is 2.06. The molecule has 2 rings (SSSR count). The van der Waals surface area contributed by atoms with Crippen LogP contribution >= 0.6 is 0 Å². The first kappa shape index (κ1) is 26.4. The van der Waals surface area contributed by atoms with E-state index in [2.05, 4.69) is 20.9 Å². The first-order valence-electron chi connectivity index (χ1n) is 10.4. The summed E-state index contributed by atoms with van der Waals surface area (Å²) in [5, 5.41) is 19.2. The molecule has 12 heteroatoms. The lowest BCUT2D eigenvalue weighted by atomic mass is 10.3. The van der Waals surface area contributed by atoms with Gasteiger partial charge in [0.1, 0.15) is 0 Å². The van der Waals surface area contributed by atoms with Gasteiger partial charge in [-0.3, -0.25) is 4.79 Å². The number of anilines is 1. The van der Waals surface area contributed by atoms with Crippen molar-refractivity contribution in [1.29, 1.82) is 0 Å². The van der Waals surface area contributed by atoms with E-state index in [0.29, 0.717) is 63.9 Å². The first-order valence-corrected chi connectivity index (χ1v) is 11.9. The van der Waals surface area contributed by atoms with E-state index in [1.165, 1.54) is 24.3 Å². The Bertz CT molecular complexity index is 981. The largest absolute Gasteiger partial charge is 0.385 e. The summed E-state index contributed by atoms with van der Waals surface area (Å²) in [6.07, 6.45) is 0.329. The average Bonchev–Trinajstić information content (AvgIpc) is 2.80. The molecule has 1 amide bonds. The highest BCUT2D eigenvalue weighted by atomic mass is 32.2. The summed E-state index contributed by atoms with van der Waals surface area (Å²) in [6.45, 7) is 3.32. The van der Waals surface area contributed by atoms with Gasteiger partial charge in [0, 0.05) is 31.7 Å². The summed E-state index contributed by atoms with van der Waals surface area (Å²) in [4.78, 5) is 11.9. The third-order valence-corrected chi connectivity index (χ3v) is 5.13. The van der Waals surface area contributed by atoms with E-state index in [9.17, 15) is 13.2 Å². The minimum atomic E-state index is -3.73. The Morgan fingerprint density at radius 2 is 1.42 bits per heavy atom. The molecule has 0 aliphatic rings. The van der Waals surface area contributed by atoms with E-state index in [1.807, 2.05) is 12.1 Å². The molecule has 2 aromatic carbocycles. The van der Waals surface area contributed by atoms with Gasteiger partial charge in [0.05, 0.1) is 42.7 Å². The van der Waals surface area contributed by atoms with Crippen molar-refractivity contribution in [2.45, 2.75) is 11.3 Å². The number of nitrogens with one attached hydrogen (secondary N) is 2. The molecule has 0 saturated carbocycles. The number of nitrogens with zero attached hydrogens (tertiary/aromatic N) is 2. The van der Waals surface area contributed by atoms with E-state index >= 15 is 0 Å².